The highest BCUT2D eigenvalue weighted by Gasteiger charge is 2.17. The minimum absolute atomic E-state index is 0.0704. The van der Waals surface area contributed by atoms with Gasteiger partial charge in [0.25, 0.3) is 5.56 Å². The lowest BCUT2D eigenvalue weighted by atomic mass is 10.1. The molecule has 4 aromatic rings. The Kier molecular flexibility index (Phi) is 5.14. The van der Waals surface area contributed by atoms with Crippen molar-refractivity contribution >= 4 is 16.7 Å². The molecule has 2 aromatic carbocycles. The monoisotopic (exact) mass is 407 g/mol. The molecule has 0 bridgehead atoms. The average molecular weight is 407 g/mol. The maximum atomic E-state index is 13.1. The third-order valence-electron chi connectivity index (χ3n) is 4.84. The second-order valence-corrected chi connectivity index (χ2v) is 6.85. The van der Waals surface area contributed by atoms with E-state index in [9.17, 15) is 14.0 Å². The van der Waals surface area contributed by atoms with Gasteiger partial charge in [-0.3, -0.25) is 9.59 Å². The van der Waals surface area contributed by atoms with Gasteiger partial charge in [-0.15, -0.1) is 0 Å². The summed E-state index contributed by atoms with van der Waals surface area (Å²) in [6.07, 6.45) is -0.0870. The van der Waals surface area contributed by atoms with E-state index in [-0.39, 0.29) is 24.4 Å². The molecule has 8 heteroatoms. The lowest BCUT2D eigenvalue weighted by molar-refractivity contribution is -0.144. The van der Waals surface area contributed by atoms with Crippen LogP contribution in [-0.4, -0.2) is 20.9 Å². The minimum Gasteiger partial charge on any atom is -0.459 e. The summed E-state index contributed by atoms with van der Waals surface area (Å²) >= 11 is 0. The molecule has 0 unspecified atom stereocenters. The Morgan fingerprint density at radius 1 is 1.10 bits per heavy atom. The SMILES string of the molecule is Cc1c(COC(=O)Cc2nn(C)c(=O)c3ccccc23)noc1-c1ccc(F)cc1. The summed E-state index contributed by atoms with van der Waals surface area (Å²) in [5, 5.41) is 9.28. The number of carbonyl (C=O) groups is 1. The van der Waals surface area contributed by atoms with E-state index in [4.69, 9.17) is 9.26 Å². The lowest BCUT2D eigenvalue weighted by Gasteiger charge is -2.08. The van der Waals surface area contributed by atoms with Crippen molar-refractivity contribution in [3.05, 3.63) is 81.7 Å². The van der Waals surface area contributed by atoms with Gasteiger partial charge < -0.3 is 9.26 Å². The molecule has 7 nitrogen and oxygen atoms in total. The third kappa shape index (κ3) is 3.71. The smallest absolute Gasteiger partial charge is 0.312 e. The van der Waals surface area contributed by atoms with Crippen molar-refractivity contribution in [3.8, 4) is 11.3 Å². The first-order valence-electron chi connectivity index (χ1n) is 9.25. The quantitative estimate of drug-likeness (QED) is 0.472. The summed E-state index contributed by atoms with van der Waals surface area (Å²) in [7, 11) is 1.54. The number of rotatable bonds is 5. The molecule has 152 valence electrons. The number of fused-ring (bicyclic) bond motifs is 1. The molecule has 0 saturated carbocycles. The molecule has 0 fully saturated rings. The van der Waals surface area contributed by atoms with Gasteiger partial charge in [0.05, 0.1) is 17.5 Å². The number of esters is 1. The molecule has 0 amide bonds. The molecule has 4 rings (SSSR count). The van der Waals surface area contributed by atoms with E-state index < -0.39 is 5.97 Å². The molecule has 0 saturated heterocycles. The van der Waals surface area contributed by atoms with Gasteiger partial charge in [-0.2, -0.15) is 5.10 Å². The van der Waals surface area contributed by atoms with E-state index in [1.807, 2.05) is 0 Å². The van der Waals surface area contributed by atoms with Crippen LogP contribution in [0.4, 0.5) is 4.39 Å². The molecule has 0 aliphatic rings. The highest BCUT2D eigenvalue weighted by Crippen LogP contribution is 2.26. The van der Waals surface area contributed by atoms with Crippen molar-refractivity contribution < 1.29 is 18.4 Å². The van der Waals surface area contributed by atoms with Crippen LogP contribution in [0.5, 0.6) is 0 Å². The summed E-state index contributed by atoms with van der Waals surface area (Å²) in [5.74, 6) is -0.353. The van der Waals surface area contributed by atoms with Crippen molar-refractivity contribution in [2.24, 2.45) is 7.05 Å². The second-order valence-electron chi connectivity index (χ2n) is 6.85. The Bertz CT molecular complexity index is 1290. The van der Waals surface area contributed by atoms with Crippen molar-refractivity contribution in [1.29, 1.82) is 0 Å². The number of nitrogens with zero attached hydrogens (tertiary/aromatic N) is 3. The number of aromatic nitrogens is 3. The van der Waals surface area contributed by atoms with Gasteiger partial charge in [-0.25, -0.2) is 9.07 Å². The number of hydrogen-bond acceptors (Lipinski definition) is 6. The fourth-order valence-corrected chi connectivity index (χ4v) is 3.22. The second kappa shape index (κ2) is 7.90. The van der Waals surface area contributed by atoms with Crippen LogP contribution in [0, 0.1) is 12.7 Å². The summed E-state index contributed by atoms with van der Waals surface area (Å²) < 4.78 is 25.0. The largest absolute Gasteiger partial charge is 0.459 e. The molecule has 0 N–H and O–H groups in total. The number of carbonyl (C=O) groups excluding carboxylic acids is 1. The summed E-state index contributed by atoms with van der Waals surface area (Å²) in [6.45, 7) is 1.72. The molecule has 30 heavy (non-hydrogen) atoms. The fourth-order valence-electron chi connectivity index (χ4n) is 3.22. The maximum Gasteiger partial charge on any atom is 0.312 e. The van der Waals surface area contributed by atoms with E-state index in [0.717, 1.165) is 0 Å². The van der Waals surface area contributed by atoms with E-state index in [1.165, 1.54) is 16.8 Å². The normalized spacial score (nSPS) is 11.0. The van der Waals surface area contributed by atoms with Crippen LogP contribution in [0.2, 0.25) is 0 Å². The van der Waals surface area contributed by atoms with Crippen molar-refractivity contribution in [3.63, 3.8) is 0 Å². The maximum absolute atomic E-state index is 13.1. The van der Waals surface area contributed by atoms with Crippen LogP contribution in [0.1, 0.15) is 17.0 Å². The predicted octanol–water partition coefficient (Wildman–Crippen LogP) is 3.32. The topological polar surface area (TPSA) is 87.2 Å². The Morgan fingerprint density at radius 2 is 1.80 bits per heavy atom. The Hall–Kier alpha value is -3.81. The molecule has 0 spiro atoms. The number of aryl methyl sites for hydroxylation is 1. The molecule has 2 heterocycles. The number of benzene rings is 2. The van der Waals surface area contributed by atoms with E-state index >= 15 is 0 Å². The molecule has 2 aromatic heterocycles. The van der Waals surface area contributed by atoms with Gasteiger partial charge in [0.2, 0.25) is 0 Å². The Morgan fingerprint density at radius 3 is 2.53 bits per heavy atom. The van der Waals surface area contributed by atoms with Gasteiger partial charge in [0.1, 0.15) is 18.1 Å². The summed E-state index contributed by atoms with van der Waals surface area (Å²) in [4.78, 5) is 24.6. The molecular weight excluding hydrogens is 389 g/mol. The highest BCUT2D eigenvalue weighted by atomic mass is 19.1. The standard InChI is InChI=1S/C22H18FN3O4/c1-13-19(25-30-21(13)14-7-9-15(23)10-8-14)12-29-20(27)11-18-16-5-3-4-6-17(16)22(28)26(2)24-18/h3-10H,11-12H2,1-2H3. The van der Waals surface area contributed by atoms with Crippen LogP contribution in [0.25, 0.3) is 22.1 Å². The van der Waals surface area contributed by atoms with Crippen LogP contribution in [0.3, 0.4) is 0 Å². The first-order valence-corrected chi connectivity index (χ1v) is 9.25. The molecule has 0 aliphatic heterocycles. The Labute approximate surface area is 170 Å². The van der Waals surface area contributed by atoms with E-state index in [2.05, 4.69) is 10.3 Å². The van der Waals surface area contributed by atoms with Crippen LogP contribution < -0.4 is 5.56 Å². The van der Waals surface area contributed by atoms with Gasteiger partial charge in [0, 0.05) is 23.6 Å². The Balaban J connectivity index is 1.49. The zero-order valence-electron chi connectivity index (χ0n) is 16.4. The zero-order chi connectivity index (χ0) is 21.3. The third-order valence-corrected chi connectivity index (χ3v) is 4.84. The summed E-state index contributed by atoms with van der Waals surface area (Å²) in [6, 6.07) is 12.9. The average Bonchev–Trinajstić information content (AvgIpc) is 3.11. The first-order chi connectivity index (χ1) is 14.4. The van der Waals surface area contributed by atoms with Crippen LogP contribution >= 0.6 is 0 Å². The highest BCUT2D eigenvalue weighted by molar-refractivity contribution is 5.86. The van der Waals surface area contributed by atoms with Crippen LogP contribution in [-0.2, 0) is 29.6 Å². The number of halogens is 1. The zero-order valence-corrected chi connectivity index (χ0v) is 16.4. The van der Waals surface area contributed by atoms with Gasteiger partial charge in [0.15, 0.2) is 5.76 Å². The van der Waals surface area contributed by atoms with Crippen molar-refractivity contribution in [1.82, 2.24) is 14.9 Å². The molecule has 0 aliphatic carbocycles. The number of hydrogen-bond donors (Lipinski definition) is 0. The van der Waals surface area contributed by atoms with E-state index in [1.54, 1.807) is 50.4 Å². The molecular formula is C22H18FN3O4. The van der Waals surface area contributed by atoms with Crippen molar-refractivity contribution in [2.45, 2.75) is 20.0 Å². The van der Waals surface area contributed by atoms with Crippen LogP contribution in [0.15, 0.2) is 57.8 Å². The minimum atomic E-state index is -0.503. The fraction of sp³-hybridized carbons (Fsp3) is 0.182. The summed E-state index contributed by atoms with van der Waals surface area (Å²) in [5.41, 5.74) is 2.09. The first kappa shape index (κ1) is 19.5. The van der Waals surface area contributed by atoms with Crippen molar-refractivity contribution in [2.75, 3.05) is 0 Å². The lowest BCUT2D eigenvalue weighted by Crippen LogP contribution is -2.22. The van der Waals surface area contributed by atoms with Gasteiger partial charge in [-0.1, -0.05) is 23.4 Å². The number of ether oxygens (including phenoxy) is 1. The van der Waals surface area contributed by atoms with Gasteiger partial charge in [-0.05, 0) is 37.3 Å². The predicted molar refractivity (Wildman–Crippen MR) is 107 cm³/mol. The molecule has 0 atom stereocenters. The van der Waals surface area contributed by atoms with Gasteiger partial charge >= 0.3 is 5.97 Å². The van der Waals surface area contributed by atoms with E-state index in [0.29, 0.717) is 39.0 Å². The molecule has 0 radical (unpaired) electrons.